The normalized spacial score (nSPS) is 10.6. The van der Waals surface area contributed by atoms with Gasteiger partial charge in [0, 0.05) is 23.3 Å². The Morgan fingerprint density at radius 3 is 2.25 bits per heavy atom. The summed E-state index contributed by atoms with van der Waals surface area (Å²) in [4.78, 5) is 1.17. The number of benzene rings is 3. The van der Waals surface area contributed by atoms with Gasteiger partial charge in [0.05, 0.1) is 0 Å². The van der Waals surface area contributed by atoms with Gasteiger partial charge in [-0.05, 0) is 33.3 Å². The van der Waals surface area contributed by atoms with Gasteiger partial charge in [-0.2, -0.15) is 0 Å². The fourth-order valence-corrected chi connectivity index (χ4v) is 4.34. The largest absolute Gasteiger partial charge is 0.508 e. The van der Waals surface area contributed by atoms with E-state index < -0.39 is 0 Å². The van der Waals surface area contributed by atoms with Crippen LogP contribution in [0.15, 0.2) is 102 Å². The van der Waals surface area contributed by atoms with Crippen molar-refractivity contribution in [3.63, 3.8) is 0 Å². The maximum Gasteiger partial charge on any atom is 0.120 e. The van der Waals surface area contributed by atoms with Crippen molar-refractivity contribution in [1.29, 1.82) is 0 Å². The Hall–Kier alpha value is -3.10. The van der Waals surface area contributed by atoms with E-state index in [2.05, 4.69) is 60.0 Å². The highest BCUT2D eigenvalue weighted by molar-refractivity contribution is 7.09. The van der Waals surface area contributed by atoms with E-state index in [1.165, 1.54) is 26.8 Å². The molecule has 138 valence electrons. The van der Waals surface area contributed by atoms with E-state index in [4.69, 9.17) is 0 Å². The first-order chi connectivity index (χ1) is 13.8. The third-order valence-corrected chi connectivity index (χ3v) is 5.83. The second-order valence-corrected chi connectivity index (χ2v) is 7.76. The van der Waals surface area contributed by atoms with Crippen molar-refractivity contribution in [1.82, 2.24) is 0 Å². The predicted molar refractivity (Wildman–Crippen MR) is 120 cm³/mol. The molecular weight excluding hydrogens is 360 g/mol. The Bertz CT molecular complexity index is 1120. The molecule has 0 saturated carbocycles. The second-order valence-electron chi connectivity index (χ2n) is 6.76. The molecule has 0 saturated heterocycles. The van der Waals surface area contributed by atoms with Gasteiger partial charge < -0.3 is 5.11 Å². The zero-order chi connectivity index (χ0) is 19.2. The van der Waals surface area contributed by atoms with Crippen molar-refractivity contribution >= 4 is 22.1 Å². The lowest BCUT2D eigenvalue weighted by molar-refractivity contribution is 0.469. The van der Waals surface area contributed by atoms with Crippen LogP contribution >= 0.6 is 11.3 Å². The summed E-state index contributed by atoms with van der Waals surface area (Å²) in [6.07, 6.45) is 1.49. The molecule has 4 rings (SSSR count). The Morgan fingerprint density at radius 1 is 0.643 bits per heavy atom. The molecule has 28 heavy (non-hydrogen) atoms. The Morgan fingerprint density at radius 2 is 1.36 bits per heavy atom. The van der Waals surface area contributed by atoms with Crippen LogP contribution in [0.5, 0.6) is 5.75 Å². The molecule has 0 amide bonds. The van der Waals surface area contributed by atoms with Crippen molar-refractivity contribution < 1.29 is 5.11 Å². The lowest BCUT2D eigenvalue weighted by atomic mass is 9.98. The van der Waals surface area contributed by atoms with Crippen molar-refractivity contribution in [2.24, 2.45) is 0 Å². The molecule has 3 aromatic carbocycles. The van der Waals surface area contributed by atoms with Crippen molar-refractivity contribution in [2.45, 2.75) is 12.8 Å². The summed E-state index contributed by atoms with van der Waals surface area (Å²) >= 11 is 1.69. The van der Waals surface area contributed by atoms with Crippen molar-refractivity contribution in [3.05, 3.63) is 124 Å². The molecule has 0 bridgehead atoms. The van der Waals surface area contributed by atoms with E-state index >= 15 is 0 Å². The van der Waals surface area contributed by atoms with Crippen LogP contribution in [0.4, 0.5) is 0 Å². The van der Waals surface area contributed by atoms with Crippen LogP contribution < -0.4 is 0 Å². The van der Waals surface area contributed by atoms with Gasteiger partial charge in [0.2, 0.25) is 0 Å². The summed E-state index contributed by atoms with van der Waals surface area (Å²) in [6, 6.07) is 32.9. The van der Waals surface area contributed by atoms with E-state index in [1.807, 2.05) is 36.4 Å². The Balaban J connectivity index is 1.85. The third-order valence-electron chi connectivity index (χ3n) is 4.87. The molecule has 2 heteroatoms. The number of hydrogen-bond acceptors (Lipinski definition) is 2. The minimum atomic E-state index is 0.339. The SMILES string of the molecule is Oc1cccccsc(Cc2cccc3ccccc23)c1Cc1ccccc1. The molecule has 0 aliphatic rings. The molecule has 0 spiro atoms. The maximum atomic E-state index is 10.8. The highest BCUT2D eigenvalue weighted by atomic mass is 32.1. The molecule has 0 aliphatic carbocycles. The molecule has 1 aromatic heterocycles. The van der Waals surface area contributed by atoms with E-state index in [9.17, 15) is 5.11 Å². The molecular formula is C26H22OS. The van der Waals surface area contributed by atoms with E-state index in [0.29, 0.717) is 12.2 Å². The minimum Gasteiger partial charge on any atom is -0.508 e. The van der Waals surface area contributed by atoms with Crippen LogP contribution in [0, 0.1) is 0 Å². The van der Waals surface area contributed by atoms with Gasteiger partial charge in [-0.25, -0.2) is 0 Å². The Labute approximate surface area is 169 Å². The second kappa shape index (κ2) is 8.73. The monoisotopic (exact) mass is 382 g/mol. The van der Waals surface area contributed by atoms with Gasteiger partial charge in [0.15, 0.2) is 0 Å². The smallest absolute Gasteiger partial charge is 0.120 e. The number of aromatic hydroxyl groups is 1. The molecule has 0 radical (unpaired) electrons. The van der Waals surface area contributed by atoms with Crippen LogP contribution in [-0.2, 0) is 12.8 Å². The molecule has 1 N–H and O–H groups in total. The first kappa shape index (κ1) is 18.3. The molecule has 0 aliphatic heterocycles. The van der Waals surface area contributed by atoms with Crippen LogP contribution in [0.3, 0.4) is 0 Å². The van der Waals surface area contributed by atoms with Gasteiger partial charge in [-0.3, -0.25) is 0 Å². The minimum absolute atomic E-state index is 0.339. The van der Waals surface area contributed by atoms with Gasteiger partial charge in [-0.15, -0.1) is 11.3 Å². The third kappa shape index (κ3) is 4.24. The highest BCUT2D eigenvalue weighted by Crippen LogP contribution is 2.29. The van der Waals surface area contributed by atoms with Gasteiger partial charge in [0.1, 0.15) is 5.75 Å². The molecule has 0 atom stereocenters. The Kier molecular flexibility index (Phi) is 5.69. The summed E-state index contributed by atoms with van der Waals surface area (Å²) in [5.41, 5.74) is 3.46. The maximum absolute atomic E-state index is 10.8. The summed E-state index contributed by atoms with van der Waals surface area (Å²) in [7, 11) is 0. The summed E-state index contributed by atoms with van der Waals surface area (Å²) in [5, 5.41) is 15.4. The number of rotatable bonds is 4. The topological polar surface area (TPSA) is 20.2 Å². The van der Waals surface area contributed by atoms with E-state index in [0.717, 1.165) is 12.0 Å². The van der Waals surface area contributed by atoms with Crippen molar-refractivity contribution in [2.75, 3.05) is 0 Å². The van der Waals surface area contributed by atoms with Crippen LogP contribution in [0.2, 0.25) is 0 Å². The standard InChI is InChI=1S/C26H22OS/c27-25-16-5-2-8-17-28-26(24(25)18-20-10-3-1-4-11-20)19-22-14-9-13-21-12-6-7-15-23(21)22/h1-17,27H,18-19H2. The fourth-order valence-electron chi connectivity index (χ4n) is 3.45. The van der Waals surface area contributed by atoms with Gasteiger partial charge >= 0.3 is 0 Å². The van der Waals surface area contributed by atoms with Gasteiger partial charge in [-0.1, -0.05) is 91.0 Å². The summed E-state index contributed by atoms with van der Waals surface area (Å²) in [6.45, 7) is 0. The molecule has 1 heterocycles. The van der Waals surface area contributed by atoms with Crippen LogP contribution in [-0.4, -0.2) is 5.11 Å². The first-order valence-corrected chi connectivity index (χ1v) is 10.3. The predicted octanol–water partition coefficient (Wildman–Crippen LogP) is 6.91. The highest BCUT2D eigenvalue weighted by Gasteiger charge is 2.10. The fraction of sp³-hybridized carbons (Fsp3) is 0.0769. The molecule has 4 aromatic rings. The lowest BCUT2D eigenvalue weighted by Crippen LogP contribution is -1.96. The van der Waals surface area contributed by atoms with Crippen molar-refractivity contribution in [3.8, 4) is 5.75 Å². The quantitative estimate of drug-likeness (QED) is 0.406. The zero-order valence-corrected chi connectivity index (χ0v) is 16.4. The number of hydrogen-bond donors (Lipinski definition) is 1. The lowest BCUT2D eigenvalue weighted by Gasteiger charge is -2.11. The summed E-state index contributed by atoms with van der Waals surface area (Å²) < 4.78 is 0. The average Bonchev–Trinajstić information content (AvgIpc) is 2.81. The molecule has 0 unspecified atom stereocenters. The van der Waals surface area contributed by atoms with Crippen LogP contribution in [0.1, 0.15) is 21.6 Å². The first-order valence-electron chi connectivity index (χ1n) is 9.43. The molecule has 0 fully saturated rings. The summed E-state index contributed by atoms with van der Waals surface area (Å²) in [5.74, 6) is 0.339. The van der Waals surface area contributed by atoms with E-state index in [-0.39, 0.29) is 0 Å². The number of fused-ring (bicyclic) bond motifs is 1. The zero-order valence-electron chi connectivity index (χ0n) is 15.6. The van der Waals surface area contributed by atoms with E-state index in [1.54, 1.807) is 17.4 Å². The molecule has 1 nitrogen and oxygen atoms in total. The average molecular weight is 383 g/mol. The van der Waals surface area contributed by atoms with Gasteiger partial charge in [0.25, 0.3) is 0 Å². The van der Waals surface area contributed by atoms with Crippen LogP contribution in [0.25, 0.3) is 10.8 Å².